The molecule has 1 rings (SSSR count). The van der Waals surface area contributed by atoms with Crippen molar-refractivity contribution in [1.29, 1.82) is 0 Å². The Kier molecular flexibility index (Phi) is 5.79. The van der Waals surface area contributed by atoms with E-state index < -0.39 is 0 Å². The molecule has 1 heterocycles. The van der Waals surface area contributed by atoms with Gasteiger partial charge < -0.3 is 9.88 Å². The van der Waals surface area contributed by atoms with E-state index >= 15 is 0 Å². The van der Waals surface area contributed by atoms with Gasteiger partial charge >= 0.3 is 0 Å². The Balaban J connectivity index is 2.14. The van der Waals surface area contributed by atoms with E-state index in [1.165, 1.54) is 12.8 Å². The average molecular weight is 227 g/mol. The number of hydrogen-bond acceptors (Lipinski definition) is 3. The maximum Gasteiger partial charge on any atom is 0.167 e. The molecule has 1 aromatic rings. The van der Waals surface area contributed by atoms with E-state index in [0.29, 0.717) is 6.04 Å². The number of hydrogen-bond donors (Lipinski definition) is 1. The van der Waals surface area contributed by atoms with Crippen LogP contribution < -0.4 is 5.32 Å². The third-order valence-corrected chi connectivity index (χ3v) is 3.59. The van der Waals surface area contributed by atoms with Gasteiger partial charge in [0.25, 0.3) is 0 Å². The molecule has 3 nitrogen and oxygen atoms in total. The number of nitrogens with zero attached hydrogens (tertiary/aromatic N) is 2. The van der Waals surface area contributed by atoms with Gasteiger partial charge in [-0.1, -0.05) is 25.6 Å². The molecule has 0 amide bonds. The van der Waals surface area contributed by atoms with Crippen LogP contribution in [0.5, 0.6) is 0 Å². The zero-order valence-electron chi connectivity index (χ0n) is 9.86. The molecule has 1 aromatic heterocycles. The van der Waals surface area contributed by atoms with Gasteiger partial charge in [-0.25, -0.2) is 4.98 Å². The Hall–Kier alpha value is -0.480. The fourth-order valence-electron chi connectivity index (χ4n) is 1.47. The minimum absolute atomic E-state index is 0.673. The fraction of sp³-hybridized carbons (Fsp3) is 0.727. The molecule has 0 fully saturated rings. The van der Waals surface area contributed by atoms with Crippen molar-refractivity contribution in [3.63, 3.8) is 0 Å². The lowest BCUT2D eigenvalue weighted by Gasteiger charge is -2.13. The maximum atomic E-state index is 4.27. The van der Waals surface area contributed by atoms with E-state index in [9.17, 15) is 0 Å². The summed E-state index contributed by atoms with van der Waals surface area (Å²) < 4.78 is 2.06. The quantitative estimate of drug-likeness (QED) is 0.572. The summed E-state index contributed by atoms with van der Waals surface area (Å²) in [6.45, 7) is 5.52. The first-order valence-corrected chi connectivity index (χ1v) is 6.60. The molecular formula is C11H21N3S. The van der Waals surface area contributed by atoms with E-state index in [2.05, 4.69) is 28.7 Å². The highest BCUT2D eigenvalue weighted by Gasteiger charge is 2.02. The third-order valence-electron chi connectivity index (χ3n) is 2.53. The van der Waals surface area contributed by atoms with E-state index in [1.54, 1.807) is 11.8 Å². The number of aryl methyl sites for hydroxylation is 1. The number of rotatable bonds is 7. The van der Waals surface area contributed by atoms with Gasteiger partial charge in [0.15, 0.2) is 5.16 Å². The Morgan fingerprint density at radius 1 is 1.47 bits per heavy atom. The predicted octanol–water partition coefficient (Wildman–Crippen LogP) is 2.29. The monoisotopic (exact) mass is 227 g/mol. The van der Waals surface area contributed by atoms with Gasteiger partial charge in [0.05, 0.1) is 0 Å². The molecule has 0 saturated carbocycles. The van der Waals surface area contributed by atoms with Crippen molar-refractivity contribution in [2.45, 2.75) is 37.9 Å². The largest absolute Gasteiger partial charge is 0.329 e. The molecule has 4 heteroatoms. The molecule has 0 spiro atoms. The van der Waals surface area contributed by atoms with Crippen molar-refractivity contribution in [3.8, 4) is 0 Å². The Labute approximate surface area is 96.7 Å². The molecule has 1 N–H and O–H groups in total. The van der Waals surface area contributed by atoms with Crippen molar-refractivity contribution in [2.24, 2.45) is 7.05 Å². The average Bonchev–Trinajstić information content (AvgIpc) is 2.65. The Morgan fingerprint density at radius 3 is 2.73 bits per heavy atom. The molecule has 0 aliphatic rings. The molecule has 0 bridgehead atoms. The highest BCUT2D eigenvalue weighted by atomic mass is 32.2. The van der Waals surface area contributed by atoms with Crippen LogP contribution in [0.2, 0.25) is 0 Å². The van der Waals surface area contributed by atoms with Crippen LogP contribution in [0, 0.1) is 0 Å². The molecule has 0 aliphatic carbocycles. The van der Waals surface area contributed by atoms with Crippen LogP contribution in [0.4, 0.5) is 0 Å². The standard InChI is InChI=1S/C11H21N3S/c1-4-10(5-2)12-7-9-15-11-13-6-8-14(11)3/h6,8,10,12H,4-5,7,9H2,1-3H3. The first-order chi connectivity index (χ1) is 7.27. The second-order valence-electron chi connectivity index (χ2n) is 3.64. The third kappa shape index (κ3) is 4.26. The van der Waals surface area contributed by atoms with Gasteiger partial charge in [0.2, 0.25) is 0 Å². The van der Waals surface area contributed by atoms with Crippen molar-refractivity contribution >= 4 is 11.8 Å². The molecule has 86 valence electrons. The van der Waals surface area contributed by atoms with Crippen LogP contribution in [-0.4, -0.2) is 27.9 Å². The predicted molar refractivity (Wildman–Crippen MR) is 66.3 cm³/mol. The van der Waals surface area contributed by atoms with Crippen LogP contribution in [0.1, 0.15) is 26.7 Å². The summed E-state index contributed by atoms with van der Waals surface area (Å²) in [4.78, 5) is 4.27. The molecular weight excluding hydrogens is 206 g/mol. The summed E-state index contributed by atoms with van der Waals surface area (Å²) >= 11 is 1.81. The summed E-state index contributed by atoms with van der Waals surface area (Å²) in [7, 11) is 2.03. The zero-order chi connectivity index (χ0) is 11.1. The van der Waals surface area contributed by atoms with Crippen molar-refractivity contribution < 1.29 is 0 Å². The number of aromatic nitrogens is 2. The summed E-state index contributed by atoms with van der Waals surface area (Å²) in [6, 6.07) is 0.673. The summed E-state index contributed by atoms with van der Waals surface area (Å²) in [5.74, 6) is 1.08. The molecule has 0 aromatic carbocycles. The lowest BCUT2D eigenvalue weighted by Crippen LogP contribution is -2.29. The number of imidazole rings is 1. The Morgan fingerprint density at radius 2 is 2.20 bits per heavy atom. The number of nitrogens with one attached hydrogen (secondary N) is 1. The van der Waals surface area contributed by atoms with Crippen LogP contribution in [-0.2, 0) is 7.05 Å². The van der Waals surface area contributed by atoms with Crippen LogP contribution in [0.3, 0.4) is 0 Å². The van der Waals surface area contributed by atoms with Crippen molar-refractivity contribution in [2.75, 3.05) is 12.3 Å². The van der Waals surface area contributed by atoms with E-state index in [0.717, 1.165) is 17.5 Å². The zero-order valence-corrected chi connectivity index (χ0v) is 10.7. The summed E-state index contributed by atoms with van der Waals surface area (Å²) in [6.07, 6.45) is 6.25. The SMILES string of the molecule is CCC(CC)NCCSc1nccn1C. The van der Waals surface area contributed by atoms with Gasteiger partial charge in [-0.05, 0) is 12.8 Å². The number of thioether (sulfide) groups is 1. The van der Waals surface area contributed by atoms with Gasteiger partial charge in [0.1, 0.15) is 0 Å². The second kappa shape index (κ2) is 6.90. The molecule has 0 atom stereocenters. The van der Waals surface area contributed by atoms with Crippen LogP contribution >= 0.6 is 11.8 Å². The van der Waals surface area contributed by atoms with Crippen LogP contribution in [0.15, 0.2) is 17.6 Å². The summed E-state index contributed by atoms with van der Waals surface area (Å²) in [5, 5.41) is 4.64. The minimum atomic E-state index is 0.673. The van der Waals surface area contributed by atoms with Crippen molar-refractivity contribution in [1.82, 2.24) is 14.9 Å². The van der Waals surface area contributed by atoms with Crippen molar-refractivity contribution in [3.05, 3.63) is 12.4 Å². The lowest BCUT2D eigenvalue weighted by molar-refractivity contribution is 0.501. The Bertz CT molecular complexity index is 269. The van der Waals surface area contributed by atoms with Gasteiger partial charge in [-0.15, -0.1) is 0 Å². The lowest BCUT2D eigenvalue weighted by atomic mass is 10.2. The van der Waals surface area contributed by atoms with Gasteiger partial charge in [0, 0.05) is 37.8 Å². The van der Waals surface area contributed by atoms with Gasteiger partial charge in [-0.3, -0.25) is 0 Å². The summed E-state index contributed by atoms with van der Waals surface area (Å²) in [5.41, 5.74) is 0. The normalized spacial score (nSPS) is 11.2. The highest BCUT2D eigenvalue weighted by molar-refractivity contribution is 7.99. The highest BCUT2D eigenvalue weighted by Crippen LogP contribution is 2.13. The first kappa shape index (κ1) is 12.6. The molecule has 0 aliphatic heterocycles. The fourth-order valence-corrected chi connectivity index (χ4v) is 2.28. The van der Waals surface area contributed by atoms with Crippen LogP contribution in [0.25, 0.3) is 0 Å². The first-order valence-electron chi connectivity index (χ1n) is 5.61. The van der Waals surface area contributed by atoms with E-state index in [1.807, 2.05) is 19.4 Å². The van der Waals surface area contributed by atoms with E-state index in [-0.39, 0.29) is 0 Å². The molecule has 0 radical (unpaired) electrons. The maximum absolute atomic E-state index is 4.27. The smallest absolute Gasteiger partial charge is 0.167 e. The molecule has 0 saturated heterocycles. The molecule has 15 heavy (non-hydrogen) atoms. The molecule has 0 unspecified atom stereocenters. The topological polar surface area (TPSA) is 29.9 Å². The second-order valence-corrected chi connectivity index (χ2v) is 4.70. The minimum Gasteiger partial charge on any atom is -0.329 e. The van der Waals surface area contributed by atoms with E-state index in [4.69, 9.17) is 0 Å². The van der Waals surface area contributed by atoms with Gasteiger partial charge in [-0.2, -0.15) is 0 Å².